The van der Waals surface area contributed by atoms with Crippen LogP contribution in [0.1, 0.15) is 36.6 Å². The second-order valence-corrected chi connectivity index (χ2v) is 11.3. The Labute approximate surface area is 253 Å². The minimum atomic E-state index is -0.849. The molecule has 0 aliphatic carbocycles. The molecule has 0 unspecified atom stereocenters. The molecular formula is C30H22Cl3FN2O4S. The van der Waals surface area contributed by atoms with Gasteiger partial charge in [-0.25, -0.2) is 14.2 Å². The van der Waals surface area contributed by atoms with Crippen LogP contribution in [0.4, 0.5) is 4.39 Å². The molecule has 0 fully saturated rings. The molecule has 2 heterocycles. The molecule has 3 aromatic carbocycles. The molecule has 0 bridgehead atoms. The van der Waals surface area contributed by atoms with Crippen LogP contribution in [0.15, 0.2) is 81.7 Å². The highest BCUT2D eigenvalue weighted by molar-refractivity contribution is 7.07. The molecule has 0 radical (unpaired) electrons. The molecular weight excluding hydrogens is 610 g/mol. The fourth-order valence-electron chi connectivity index (χ4n) is 4.50. The van der Waals surface area contributed by atoms with Crippen molar-refractivity contribution < 1.29 is 18.7 Å². The predicted molar refractivity (Wildman–Crippen MR) is 159 cm³/mol. The average molecular weight is 632 g/mol. The number of hydrogen-bond acceptors (Lipinski definition) is 6. The third kappa shape index (κ3) is 5.97. The summed E-state index contributed by atoms with van der Waals surface area (Å²) in [5.74, 6) is -0.630. The van der Waals surface area contributed by atoms with Gasteiger partial charge in [-0.05, 0) is 61.4 Å². The molecule has 1 aliphatic heterocycles. The monoisotopic (exact) mass is 630 g/mol. The maximum atomic E-state index is 14.0. The predicted octanol–water partition coefficient (Wildman–Crippen LogP) is 6.48. The van der Waals surface area contributed by atoms with Crippen LogP contribution in [0.5, 0.6) is 5.75 Å². The smallest absolute Gasteiger partial charge is 0.338 e. The summed E-state index contributed by atoms with van der Waals surface area (Å²) in [6.45, 7) is 3.68. The van der Waals surface area contributed by atoms with E-state index in [4.69, 9.17) is 44.3 Å². The number of benzene rings is 3. The van der Waals surface area contributed by atoms with Gasteiger partial charge in [-0.1, -0.05) is 76.5 Å². The number of thiazole rings is 1. The molecule has 1 aliphatic rings. The van der Waals surface area contributed by atoms with Crippen molar-refractivity contribution in [3.63, 3.8) is 0 Å². The summed E-state index contributed by atoms with van der Waals surface area (Å²) in [7, 11) is 0. The molecule has 0 spiro atoms. The van der Waals surface area contributed by atoms with Crippen LogP contribution in [-0.4, -0.2) is 17.1 Å². The van der Waals surface area contributed by atoms with Gasteiger partial charge in [0.1, 0.15) is 24.2 Å². The van der Waals surface area contributed by atoms with E-state index in [9.17, 15) is 14.0 Å². The van der Waals surface area contributed by atoms with Gasteiger partial charge in [0.25, 0.3) is 5.56 Å². The summed E-state index contributed by atoms with van der Waals surface area (Å²) in [6, 6.07) is 15.2. The standard InChI is InChI=1S/C30H22Cl3FN2O4S/c1-3-39-29(38)25-16(2)35-30-36(26(25)21-6-4-5-7-22(21)32)28(37)24(41-30)13-18-12-19(31)14-23(33)27(18)40-15-17-8-10-20(34)11-9-17/h4-14,26H,3,15H2,1-2H3/b24-13-/t26-/m0/s1. The first-order chi connectivity index (χ1) is 19.7. The number of fused-ring (bicyclic) bond motifs is 1. The second-order valence-electron chi connectivity index (χ2n) is 9.04. The number of nitrogens with zero attached hydrogens (tertiary/aromatic N) is 2. The zero-order valence-electron chi connectivity index (χ0n) is 21.8. The Morgan fingerprint density at radius 3 is 2.54 bits per heavy atom. The Balaban J connectivity index is 1.65. The van der Waals surface area contributed by atoms with E-state index >= 15 is 0 Å². The van der Waals surface area contributed by atoms with Crippen molar-refractivity contribution >= 4 is 58.2 Å². The van der Waals surface area contributed by atoms with Gasteiger partial charge < -0.3 is 9.47 Å². The summed E-state index contributed by atoms with van der Waals surface area (Å²) >= 11 is 20.5. The minimum Gasteiger partial charge on any atom is -0.487 e. The van der Waals surface area contributed by atoms with Crippen molar-refractivity contribution in [2.45, 2.75) is 26.5 Å². The van der Waals surface area contributed by atoms with Crippen LogP contribution >= 0.6 is 46.1 Å². The first-order valence-electron chi connectivity index (χ1n) is 12.5. The van der Waals surface area contributed by atoms with Crippen molar-refractivity contribution in [1.29, 1.82) is 0 Å². The van der Waals surface area contributed by atoms with E-state index in [1.54, 1.807) is 62.4 Å². The molecule has 1 aromatic heterocycles. The number of rotatable bonds is 7. The Kier molecular flexibility index (Phi) is 8.66. The molecule has 6 nitrogen and oxygen atoms in total. The molecule has 0 saturated heterocycles. The minimum absolute atomic E-state index is 0.109. The van der Waals surface area contributed by atoms with Crippen molar-refractivity contribution in [3.05, 3.63) is 129 Å². The molecule has 0 amide bonds. The van der Waals surface area contributed by atoms with Crippen LogP contribution in [0.3, 0.4) is 0 Å². The van der Waals surface area contributed by atoms with Crippen LogP contribution < -0.4 is 19.6 Å². The largest absolute Gasteiger partial charge is 0.487 e. The molecule has 1 atom stereocenters. The van der Waals surface area contributed by atoms with E-state index < -0.39 is 17.6 Å². The summed E-state index contributed by atoms with van der Waals surface area (Å²) in [4.78, 5) is 32.0. The number of carbonyl (C=O) groups is 1. The lowest BCUT2D eigenvalue weighted by atomic mass is 9.96. The first kappa shape index (κ1) is 29.1. The molecule has 5 rings (SSSR count). The second kappa shape index (κ2) is 12.2. The number of halogens is 4. The topological polar surface area (TPSA) is 69.9 Å². The highest BCUT2D eigenvalue weighted by atomic mass is 35.5. The maximum absolute atomic E-state index is 14.0. The fraction of sp³-hybridized carbons (Fsp3) is 0.167. The Bertz CT molecular complexity index is 1870. The van der Waals surface area contributed by atoms with Crippen LogP contribution in [0.2, 0.25) is 15.1 Å². The number of aromatic nitrogens is 1. The van der Waals surface area contributed by atoms with Gasteiger partial charge in [-0.3, -0.25) is 9.36 Å². The summed E-state index contributed by atoms with van der Waals surface area (Å²) in [6.07, 6.45) is 1.62. The molecule has 11 heteroatoms. The van der Waals surface area contributed by atoms with E-state index in [1.165, 1.54) is 22.8 Å². The van der Waals surface area contributed by atoms with Gasteiger partial charge in [0.15, 0.2) is 4.80 Å². The van der Waals surface area contributed by atoms with E-state index in [0.29, 0.717) is 42.0 Å². The van der Waals surface area contributed by atoms with E-state index in [-0.39, 0.29) is 29.6 Å². The number of ether oxygens (including phenoxy) is 2. The Morgan fingerprint density at radius 1 is 1.10 bits per heavy atom. The number of carbonyl (C=O) groups excluding carboxylic acids is 1. The van der Waals surface area contributed by atoms with E-state index in [1.807, 2.05) is 0 Å². The normalized spacial score (nSPS) is 15.0. The summed E-state index contributed by atoms with van der Waals surface area (Å²) in [5, 5.41) is 0.979. The fourth-order valence-corrected chi connectivity index (χ4v) is 6.34. The van der Waals surface area contributed by atoms with Crippen LogP contribution in [0, 0.1) is 5.82 Å². The van der Waals surface area contributed by atoms with E-state index in [2.05, 4.69) is 4.99 Å². The molecule has 0 saturated carbocycles. The van der Waals surface area contributed by atoms with Crippen LogP contribution in [0.25, 0.3) is 6.08 Å². The summed E-state index contributed by atoms with van der Waals surface area (Å²) < 4.78 is 26.4. The van der Waals surface area contributed by atoms with Crippen molar-refractivity contribution in [3.8, 4) is 5.75 Å². The molecule has 0 N–H and O–H groups in total. The number of esters is 1. The lowest BCUT2D eigenvalue weighted by Crippen LogP contribution is -2.40. The lowest BCUT2D eigenvalue weighted by Gasteiger charge is -2.25. The SMILES string of the molecule is CCOC(=O)C1=C(C)N=c2s/c(=C\c3cc(Cl)cc(Cl)c3OCc3ccc(F)cc3)c(=O)n2[C@H]1c1ccccc1Cl. The third-order valence-electron chi connectivity index (χ3n) is 6.34. The van der Waals surface area contributed by atoms with Gasteiger partial charge >= 0.3 is 5.97 Å². The third-order valence-corrected chi connectivity index (χ3v) is 8.16. The Hall–Kier alpha value is -3.43. The number of hydrogen-bond donors (Lipinski definition) is 0. The Morgan fingerprint density at radius 2 is 1.83 bits per heavy atom. The van der Waals surface area contributed by atoms with Crippen molar-refractivity contribution in [1.82, 2.24) is 4.57 Å². The molecule has 41 heavy (non-hydrogen) atoms. The maximum Gasteiger partial charge on any atom is 0.338 e. The zero-order chi connectivity index (χ0) is 29.3. The van der Waals surface area contributed by atoms with Gasteiger partial charge in [-0.2, -0.15) is 0 Å². The van der Waals surface area contributed by atoms with Crippen molar-refractivity contribution in [2.24, 2.45) is 4.99 Å². The van der Waals surface area contributed by atoms with Crippen LogP contribution in [-0.2, 0) is 16.1 Å². The van der Waals surface area contributed by atoms with Gasteiger partial charge in [-0.15, -0.1) is 0 Å². The zero-order valence-corrected chi connectivity index (χ0v) is 24.9. The first-order valence-corrected chi connectivity index (χ1v) is 14.4. The highest BCUT2D eigenvalue weighted by Crippen LogP contribution is 2.35. The molecule has 210 valence electrons. The molecule has 4 aromatic rings. The van der Waals surface area contributed by atoms with Gasteiger partial charge in [0.2, 0.25) is 0 Å². The lowest BCUT2D eigenvalue weighted by molar-refractivity contribution is -0.139. The van der Waals surface area contributed by atoms with Crippen molar-refractivity contribution in [2.75, 3.05) is 6.61 Å². The quantitative estimate of drug-likeness (QED) is 0.219. The summed E-state index contributed by atoms with van der Waals surface area (Å²) in [5.41, 5.74) is 2.01. The highest BCUT2D eigenvalue weighted by Gasteiger charge is 2.34. The van der Waals surface area contributed by atoms with Gasteiger partial charge in [0.05, 0.1) is 27.4 Å². The van der Waals surface area contributed by atoms with Gasteiger partial charge in [0, 0.05) is 15.6 Å². The number of allylic oxidation sites excluding steroid dienone is 1. The van der Waals surface area contributed by atoms with E-state index in [0.717, 1.165) is 16.9 Å². The average Bonchev–Trinajstić information content (AvgIpc) is 3.23.